The lowest BCUT2D eigenvalue weighted by molar-refractivity contribution is 0.0988. The standard InChI is InChI=1S/C15H18BrN3O/c1-10(2)8-19-15(17-9-18-19)7-14(20)13-6-12(16)5-4-11(13)3/h4-6,9-10H,7-8H2,1-3H3. The number of ketones is 1. The van der Waals surface area contributed by atoms with Crippen LogP contribution in [0.4, 0.5) is 0 Å². The number of halogens is 1. The predicted molar refractivity (Wildman–Crippen MR) is 81.8 cm³/mol. The van der Waals surface area contributed by atoms with Gasteiger partial charge in [0.15, 0.2) is 5.78 Å². The molecule has 0 atom stereocenters. The van der Waals surface area contributed by atoms with Gasteiger partial charge in [0.05, 0.1) is 6.42 Å². The third-order valence-corrected chi connectivity index (χ3v) is 3.55. The number of carbonyl (C=O) groups excluding carboxylic acids is 1. The maximum Gasteiger partial charge on any atom is 0.170 e. The van der Waals surface area contributed by atoms with E-state index in [1.165, 1.54) is 6.33 Å². The molecule has 20 heavy (non-hydrogen) atoms. The van der Waals surface area contributed by atoms with Crippen molar-refractivity contribution in [3.05, 3.63) is 46.0 Å². The first-order chi connectivity index (χ1) is 9.47. The Morgan fingerprint density at radius 1 is 1.40 bits per heavy atom. The van der Waals surface area contributed by atoms with Gasteiger partial charge in [0.1, 0.15) is 12.2 Å². The van der Waals surface area contributed by atoms with E-state index < -0.39 is 0 Å². The predicted octanol–water partition coefficient (Wildman–Crippen LogP) is 3.43. The highest BCUT2D eigenvalue weighted by Gasteiger charge is 2.15. The molecule has 4 nitrogen and oxygen atoms in total. The molecule has 0 unspecified atom stereocenters. The Balaban J connectivity index is 2.20. The molecular weight excluding hydrogens is 318 g/mol. The van der Waals surface area contributed by atoms with Gasteiger partial charge in [0, 0.05) is 16.6 Å². The van der Waals surface area contributed by atoms with Crippen LogP contribution in [0, 0.1) is 12.8 Å². The van der Waals surface area contributed by atoms with E-state index in [1.54, 1.807) is 0 Å². The zero-order valence-electron chi connectivity index (χ0n) is 11.9. The van der Waals surface area contributed by atoms with Gasteiger partial charge < -0.3 is 0 Å². The maximum absolute atomic E-state index is 12.4. The largest absolute Gasteiger partial charge is 0.294 e. The Morgan fingerprint density at radius 2 is 2.15 bits per heavy atom. The van der Waals surface area contributed by atoms with E-state index in [0.717, 1.165) is 28.0 Å². The highest BCUT2D eigenvalue weighted by atomic mass is 79.9. The van der Waals surface area contributed by atoms with Crippen LogP contribution in [0.2, 0.25) is 0 Å². The Kier molecular flexibility index (Phi) is 4.70. The summed E-state index contributed by atoms with van der Waals surface area (Å²) in [7, 11) is 0. The SMILES string of the molecule is Cc1ccc(Br)cc1C(=O)Cc1ncnn1CC(C)C. The number of nitrogens with zero attached hydrogens (tertiary/aromatic N) is 3. The summed E-state index contributed by atoms with van der Waals surface area (Å²) in [6, 6.07) is 5.74. The zero-order valence-corrected chi connectivity index (χ0v) is 13.5. The number of benzene rings is 1. The van der Waals surface area contributed by atoms with E-state index in [1.807, 2.05) is 29.8 Å². The second kappa shape index (κ2) is 6.31. The van der Waals surface area contributed by atoms with Crippen LogP contribution >= 0.6 is 15.9 Å². The molecule has 2 aromatic rings. The molecule has 0 spiro atoms. The van der Waals surface area contributed by atoms with Crippen molar-refractivity contribution in [1.29, 1.82) is 0 Å². The molecule has 0 fully saturated rings. The average Bonchev–Trinajstić information content (AvgIpc) is 2.78. The molecule has 1 aromatic heterocycles. The van der Waals surface area contributed by atoms with Crippen molar-refractivity contribution in [2.24, 2.45) is 5.92 Å². The molecule has 0 aliphatic heterocycles. The molecule has 1 aromatic carbocycles. The normalized spacial score (nSPS) is 11.1. The van der Waals surface area contributed by atoms with Gasteiger partial charge in [-0.2, -0.15) is 5.10 Å². The molecule has 0 saturated carbocycles. The number of aromatic nitrogens is 3. The smallest absolute Gasteiger partial charge is 0.170 e. The van der Waals surface area contributed by atoms with Crippen molar-refractivity contribution in [3.63, 3.8) is 0 Å². The van der Waals surface area contributed by atoms with Crippen molar-refractivity contribution in [3.8, 4) is 0 Å². The van der Waals surface area contributed by atoms with Crippen molar-refractivity contribution >= 4 is 21.7 Å². The Bertz CT molecular complexity index is 619. The van der Waals surface area contributed by atoms with Crippen LogP contribution in [-0.4, -0.2) is 20.5 Å². The third-order valence-electron chi connectivity index (χ3n) is 3.05. The number of Topliss-reactive ketones (excluding diaryl/α,β-unsaturated/α-hetero) is 1. The van der Waals surface area contributed by atoms with Crippen LogP contribution in [0.3, 0.4) is 0 Å². The minimum absolute atomic E-state index is 0.0711. The minimum atomic E-state index is 0.0711. The minimum Gasteiger partial charge on any atom is -0.294 e. The van der Waals surface area contributed by atoms with E-state index in [4.69, 9.17) is 0 Å². The molecule has 0 bridgehead atoms. The van der Waals surface area contributed by atoms with Gasteiger partial charge in [-0.15, -0.1) is 0 Å². The zero-order chi connectivity index (χ0) is 14.7. The summed E-state index contributed by atoms with van der Waals surface area (Å²) >= 11 is 3.40. The molecule has 0 amide bonds. The summed E-state index contributed by atoms with van der Waals surface area (Å²) in [4.78, 5) is 16.6. The topological polar surface area (TPSA) is 47.8 Å². The molecular formula is C15H18BrN3O. The molecule has 0 aliphatic rings. The van der Waals surface area contributed by atoms with Gasteiger partial charge in [-0.05, 0) is 30.5 Å². The van der Waals surface area contributed by atoms with E-state index >= 15 is 0 Å². The summed E-state index contributed by atoms with van der Waals surface area (Å²) in [5.74, 6) is 1.27. The van der Waals surface area contributed by atoms with E-state index in [2.05, 4.69) is 39.9 Å². The summed E-state index contributed by atoms with van der Waals surface area (Å²) in [6.07, 6.45) is 1.79. The molecule has 2 rings (SSSR count). The molecule has 0 radical (unpaired) electrons. The average molecular weight is 336 g/mol. The van der Waals surface area contributed by atoms with Gasteiger partial charge in [0.25, 0.3) is 0 Å². The Morgan fingerprint density at radius 3 is 2.85 bits per heavy atom. The van der Waals surface area contributed by atoms with Crippen molar-refractivity contribution in [2.75, 3.05) is 0 Å². The number of aryl methyl sites for hydroxylation is 1. The fourth-order valence-corrected chi connectivity index (χ4v) is 2.42. The van der Waals surface area contributed by atoms with Gasteiger partial charge in [0.2, 0.25) is 0 Å². The van der Waals surface area contributed by atoms with Gasteiger partial charge >= 0.3 is 0 Å². The number of carbonyl (C=O) groups is 1. The van der Waals surface area contributed by atoms with Gasteiger partial charge in [-0.1, -0.05) is 35.8 Å². The van der Waals surface area contributed by atoms with Crippen molar-refractivity contribution in [2.45, 2.75) is 33.7 Å². The summed E-state index contributed by atoms with van der Waals surface area (Å²) in [6.45, 7) is 6.95. The lowest BCUT2D eigenvalue weighted by atomic mass is 10.0. The Hall–Kier alpha value is -1.49. The van der Waals surface area contributed by atoms with E-state index in [-0.39, 0.29) is 12.2 Å². The summed E-state index contributed by atoms with van der Waals surface area (Å²) in [5.41, 5.74) is 1.71. The lowest BCUT2D eigenvalue weighted by Gasteiger charge is -2.09. The molecule has 1 heterocycles. The van der Waals surface area contributed by atoms with Crippen LogP contribution in [-0.2, 0) is 13.0 Å². The highest BCUT2D eigenvalue weighted by molar-refractivity contribution is 9.10. The monoisotopic (exact) mass is 335 g/mol. The fraction of sp³-hybridized carbons (Fsp3) is 0.400. The van der Waals surface area contributed by atoms with Gasteiger partial charge in [-0.25, -0.2) is 9.67 Å². The highest BCUT2D eigenvalue weighted by Crippen LogP contribution is 2.18. The lowest BCUT2D eigenvalue weighted by Crippen LogP contribution is -2.14. The molecule has 0 N–H and O–H groups in total. The number of rotatable bonds is 5. The first kappa shape index (κ1) is 14.9. The quantitative estimate of drug-likeness (QED) is 0.786. The number of hydrogen-bond donors (Lipinski definition) is 0. The summed E-state index contributed by atoms with van der Waals surface area (Å²) in [5, 5.41) is 4.19. The molecule has 106 valence electrons. The van der Waals surface area contributed by atoms with Crippen LogP contribution < -0.4 is 0 Å². The van der Waals surface area contributed by atoms with Crippen LogP contribution in [0.5, 0.6) is 0 Å². The van der Waals surface area contributed by atoms with Gasteiger partial charge in [-0.3, -0.25) is 4.79 Å². The first-order valence-corrected chi connectivity index (χ1v) is 7.42. The van der Waals surface area contributed by atoms with Crippen molar-refractivity contribution in [1.82, 2.24) is 14.8 Å². The second-order valence-corrected chi connectivity index (χ2v) is 6.23. The fourth-order valence-electron chi connectivity index (χ4n) is 2.06. The van der Waals surface area contributed by atoms with Crippen LogP contribution in [0.15, 0.2) is 29.0 Å². The van der Waals surface area contributed by atoms with Crippen LogP contribution in [0.25, 0.3) is 0 Å². The summed E-state index contributed by atoms with van der Waals surface area (Å²) < 4.78 is 2.73. The van der Waals surface area contributed by atoms with E-state index in [0.29, 0.717) is 5.92 Å². The molecule has 0 saturated heterocycles. The third kappa shape index (κ3) is 3.54. The molecule has 5 heteroatoms. The first-order valence-electron chi connectivity index (χ1n) is 6.63. The molecule has 0 aliphatic carbocycles. The van der Waals surface area contributed by atoms with Crippen LogP contribution in [0.1, 0.15) is 35.6 Å². The maximum atomic E-state index is 12.4. The Labute approximate surface area is 127 Å². The second-order valence-electron chi connectivity index (χ2n) is 5.31. The van der Waals surface area contributed by atoms with E-state index in [9.17, 15) is 4.79 Å². The van der Waals surface area contributed by atoms with Crippen molar-refractivity contribution < 1.29 is 4.79 Å². The number of hydrogen-bond acceptors (Lipinski definition) is 3.